The molecule has 0 unspecified atom stereocenters. The Morgan fingerprint density at radius 1 is 1.35 bits per heavy atom. The van der Waals surface area contributed by atoms with Gasteiger partial charge in [0.15, 0.2) is 11.2 Å². The van der Waals surface area contributed by atoms with E-state index in [-0.39, 0.29) is 5.56 Å². The second-order valence-electron chi connectivity index (χ2n) is 4.15. The van der Waals surface area contributed by atoms with Crippen LogP contribution in [0.4, 0.5) is 0 Å². The SMILES string of the molecule is CCCCn1c(C)nc2c1c(=O)[nH]c(=O)n2C. The van der Waals surface area contributed by atoms with Crippen molar-refractivity contribution >= 4 is 11.2 Å². The molecule has 0 saturated carbocycles. The lowest BCUT2D eigenvalue weighted by atomic mass is 10.3. The average molecular weight is 236 g/mol. The van der Waals surface area contributed by atoms with E-state index in [1.54, 1.807) is 7.05 Å². The Morgan fingerprint density at radius 2 is 2.06 bits per heavy atom. The fraction of sp³-hybridized carbons (Fsp3) is 0.545. The van der Waals surface area contributed by atoms with Crippen LogP contribution in [0.5, 0.6) is 0 Å². The number of unbranched alkanes of at least 4 members (excludes halogenated alkanes) is 1. The van der Waals surface area contributed by atoms with Gasteiger partial charge < -0.3 is 4.57 Å². The summed E-state index contributed by atoms with van der Waals surface area (Å²) < 4.78 is 3.24. The number of aromatic nitrogens is 4. The third kappa shape index (κ3) is 1.79. The molecule has 0 amide bonds. The van der Waals surface area contributed by atoms with Gasteiger partial charge in [0.1, 0.15) is 5.82 Å². The molecule has 2 rings (SSSR count). The van der Waals surface area contributed by atoms with Crippen molar-refractivity contribution in [2.75, 3.05) is 0 Å². The Kier molecular flexibility index (Phi) is 2.87. The zero-order valence-corrected chi connectivity index (χ0v) is 10.3. The van der Waals surface area contributed by atoms with Crippen LogP contribution in [0.1, 0.15) is 25.6 Å². The molecule has 2 heterocycles. The summed E-state index contributed by atoms with van der Waals surface area (Å²) >= 11 is 0. The number of rotatable bonds is 3. The summed E-state index contributed by atoms with van der Waals surface area (Å²) in [6.07, 6.45) is 2.03. The van der Waals surface area contributed by atoms with E-state index in [1.165, 1.54) is 4.57 Å². The first-order valence-corrected chi connectivity index (χ1v) is 5.72. The summed E-state index contributed by atoms with van der Waals surface area (Å²) in [6.45, 7) is 4.69. The van der Waals surface area contributed by atoms with Gasteiger partial charge in [-0.25, -0.2) is 9.78 Å². The highest BCUT2D eigenvalue weighted by Crippen LogP contribution is 2.10. The number of aromatic amines is 1. The highest BCUT2D eigenvalue weighted by Gasteiger charge is 2.13. The molecule has 1 N–H and O–H groups in total. The molecule has 6 heteroatoms. The molecule has 0 spiro atoms. The molecule has 0 aliphatic carbocycles. The van der Waals surface area contributed by atoms with Crippen LogP contribution in [-0.2, 0) is 13.6 Å². The summed E-state index contributed by atoms with van der Waals surface area (Å²) in [4.78, 5) is 29.9. The average Bonchev–Trinajstić information content (AvgIpc) is 2.61. The van der Waals surface area contributed by atoms with Crippen molar-refractivity contribution in [3.8, 4) is 0 Å². The fourth-order valence-corrected chi connectivity index (χ4v) is 1.93. The van der Waals surface area contributed by atoms with Gasteiger partial charge in [0, 0.05) is 13.6 Å². The lowest BCUT2D eigenvalue weighted by Gasteiger charge is -2.04. The summed E-state index contributed by atoms with van der Waals surface area (Å²) in [5.74, 6) is 0.764. The number of nitrogens with zero attached hydrogens (tertiary/aromatic N) is 3. The monoisotopic (exact) mass is 236 g/mol. The number of imidazole rings is 1. The fourth-order valence-electron chi connectivity index (χ4n) is 1.93. The van der Waals surface area contributed by atoms with Gasteiger partial charge in [-0.2, -0.15) is 0 Å². The van der Waals surface area contributed by atoms with Crippen LogP contribution in [0.3, 0.4) is 0 Å². The Balaban J connectivity index is 2.78. The lowest BCUT2D eigenvalue weighted by Crippen LogP contribution is -2.29. The molecule has 0 bridgehead atoms. The van der Waals surface area contributed by atoms with Crippen molar-refractivity contribution in [2.24, 2.45) is 7.05 Å². The Hall–Kier alpha value is -1.85. The Bertz CT molecular complexity index is 662. The molecule has 0 aromatic carbocycles. The van der Waals surface area contributed by atoms with Gasteiger partial charge in [0.25, 0.3) is 5.56 Å². The summed E-state index contributed by atoms with van der Waals surface area (Å²) in [7, 11) is 1.61. The van der Waals surface area contributed by atoms with Gasteiger partial charge in [-0.15, -0.1) is 0 Å². The number of aryl methyl sites for hydroxylation is 3. The van der Waals surface area contributed by atoms with Crippen LogP contribution in [0, 0.1) is 6.92 Å². The van der Waals surface area contributed by atoms with Gasteiger partial charge in [-0.3, -0.25) is 14.3 Å². The van der Waals surface area contributed by atoms with Crippen LogP contribution in [0.15, 0.2) is 9.59 Å². The second-order valence-corrected chi connectivity index (χ2v) is 4.15. The van der Waals surface area contributed by atoms with Crippen molar-refractivity contribution in [3.05, 3.63) is 26.7 Å². The van der Waals surface area contributed by atoms with E-state index in [0.29, 0.717) is 11.2 Å². The van der Waals surface area contributed by atoms with Crippen molar-refractivity contribution in [2.45, 2.75) is 33.2 Å². The maximum atomic E-state index is 11.8. The molecule has 0 saturated heterocycles. The second kappa shape index (κ2) is 4.20. The van der Waals surface area contributed by atoms with Gasteiger partial charge in [-0.05, 0) is 13.3 Å². The number of hydrogen-bond donors (Lipinski definition) is 1. The molecule has 0 aliphatic heterocycles. The summed E-state index contributed by atoms with van der Waals surface area (Å²) in [5.41, 5.74) is 0.146. The van der Waals surface area contributed by atoms with Crippen molar-refractivity contribution in [1.29, 1.82) is 0 Å². The summed E-state index contributed by atoms with van der Waals surface area (Å²) in [6, 6.07) is 0. The van der Waals surface area contributed by atoms with Crippen molar-refractivity contribution < 1.29 is 0 Å². The van der Waals surface area contributed by atoms with Crippen molar-refractivity contribution in [3.63, 3.8) is 0 Å². The Labute approximate surface area is 97.9 Å². The predicted molar refractivity (Wildman–Crippen MR) is 65.2 cm³/mol. The molecule has 0 radical (unpaired) electrons. The number of hydrogen-bond acceptors (Lipinski definition) is 3. The van der Waals surface area contributed by atoms with E-state index in [9.17, 15) is 9.59 Å². The van der Waals surface area contributed by atoms with Gasteiger partial charge in [0.2, 0.25) is 0 Å². The largest absolute Gasteiger partial charge is 0.329 e. The molecule has 6 nitrogen and oxygen atoms in total. The minimum Gasteiger partial charge on any atom is -0.322 e. The molecule has 2 aromatic rings. The third-order valence-electron chi connectivity index (χ3n) is 2.93. The van der Waals surface area contributed by atoms with E-state index in [4.69, 9.17) is 0 Å². The minimum absolute atomic E-state index is 0.361. The zero-order chi connectivity index (χ0) is 12.6. The highest BCUT2D eigenvalue weighted by atomic mass is 16.2. The topological polar surface area (TPSA) is 72.7 Å². The first kappa shape index (κ1) is 11.6. The van der Waals surface area contributed by atoms with Crippen LogP contribution in [-0.4, -0.2) is 19.1 Å². The molecule has 92 valence electrons. The quantitative estimate of drug-likeness (QED) is 0.845. The third-order valence-corrected chi connectivity index (χ3v) is 2.93. The van der Waals surface area contributed by atoms with Crippen LogP contribution in [0.25, 0.3) is 11.2 Å². The standard InChI is InChI=1S/C11H16N4O2/c1-4-5-6-15-7(2)12-9-8(15)10(16)13-11(17)14(9)3/h4-6H2,1-3H3,(H,13,16,17). The van der Waals surface area contributed by atoms with Crippen LogP contribution >= 0.6 is 0 Å². The zero-order valence-electron chi connectivity index (χ0n) is 10.3. The predicted octanol–water partition coefficient (Wildman–Crippen LogP) is 0.532. The van der Waals surface area contributed by atoms with Crippen LogP contribution < -0.4 is 11.2 Å². The maximum Gasteiger partial charge on any atom is 0.329 e. The first-order valence-electron chi connectivity index (χ1n) is 5.72. The van der Waals surface area contributed by atoms with E-state index >= 15 is 0 Å². The Morgan fingerprint density at radius 3 is 2.71 bits per heavy atom. The molecular weight excluding hydrogens is 220 g/mol. The highest BCUT2D eigenvalue weighted by molar-refractivity contribution is 5.70. The van der Waals surface area contributed by atoms with Gasteiger partial charge >= 0.3 is 5.69 Å². The van der Waals surface area contributed by atoms with Crippen LogP contribution in [0.2, 0.25) is 0 Å². The summed E-state index contributed by atoms with van der Waals surface area (Å²) in [5, 5.41) is 0. The van der Waals surface area contributed by atoms with E-state index in [2.05, 4.69) is 16.9 Å². The number of H-pyrrole nitrogens is 1. The molecule has 0 fully saturated rings. The number of fused-ring (bicyclic) bond motifs is 1. The van der Waals surface area contributed by atoms with E-state index < -0.39 is 5.69 Å². The molecule has 0 atom stereocenters. The normalized spacial score (nSPS) is 11.2. The maximum absolute atomic E-state index is 11.8. The van der Waals surface area contributed by atoms with Gasteiger partial charge in [0.05, 0.1) is 0 Å². The smallest absolute Gasteiger partial charge is 0.322 e. The lowest BCUT2D eigenvalue weighted by molar-refractivity contribution is 0.629. The molecular formula is C11H16N4O2. The molecule has 2 aromatic heterocycles. The first-order chi connectivity index (χ1) is 8.06. The minimum atomic E-state index is -0.428. The molecule has 17 heavy (non-hydrogen) atoms. The molecule has 0 aliphatic rings. The van der Waals surface area contributed by atoms with E-state index in [0.717, 1.165) is 25.2 Å². The van der Waals surface area contributed by atoms with Gasteiger partial charge in [-0.1, -0.05) is 13.3 Å². The van der Waals surface area contributed by atoms with E-state index in [1.807, 2.05) is 11.5 Å². The van der Waals surface area contributed by atoms with Crippen molar-refractivity contribution in [1.82, 2.24) is 19.1 Å². The number of nitrogens with one attached hydrogen (secondary N) is 1.